The second kappa shape index (κ2) is 9.47. The number of hydrogen-bond donors (Lipinski definition) is 5. The highest BCUT2D eigenvalue weighted by molar-refractivity contribution is 5.98. The van der Waals surface area contributed by atoms with Crippen molar-refractivity contribution in [3.05, 3.63) is 71.0 Å². The summed E-state index contributed by atoms with van der Waals surface area (Å²) < 4.78 is 5.79. The minimum absolute atomic E-state index is 0.00143. The Hall–Kier alpha value is -5.27. The number of nitrogens with zero attached hydrogens (tertiary/aromatic N) is 6. The van der Waals surface area contributed by atoms with E-state index in [1.165, 1.54) is 17.0 Å². The van der Waals surface area contributed by atoms with Crippen molar-refractivity contribution in [3.8, 4) is 11.6 Å². The summed E-state index contributed by atoms with van der Waals surface area (Å²) in [6.07, 6.45) is 1.28. The van der Waals surface area contributed by atoms with E-state index in [4.69, 9.17) is 11.5 Å². The van der Waals surface area contributed by atoms with E-state index >= 15 is 0 Å². The molecule has 0 saturated carbocycles. The zero-order valence-electron chi connectivity index (χ0n) is 17.4. The fourth-order valence-corrected chi connectivity index (χ4v) is 2.99. The Kier molecular flexibility index (Phi) is 6.11. The molecule has 0 spiro atoms. The molecule has 0 unspecified atom stereocenters. The monoisotopic (exact) mass is 462 g/mol. The molecule has 0 radical (unpaired) electrons. The topological polar surface area (TPSA) is 212 Å². The second-order valence-corrected chi connectivity index (χ2v) is 6.79. The van der Waals surface area contributed by atoms with Crippen LogP contribution in [0.25, 0.3) is 5.82 Å². The third-order valence-corrected chi connectivity index (χ3v) is 4.62. The fraction of sp³-hybridized carbons (Fsp3) is 0.0500. The third-order valence-electron chi connectivity index (χ3n) is 4.62. The van der Waals surface area contributed by atoms with Crippen LogP contribution >= 0.6 is 0 Å². The van der Waals surface area contributed by atoms with Crippen molar-refractivity contribution in [1.29, 1.82) is 0 Å². The van der Waals surface area contributed by atoms with Crippen LogP contribution in [-0.4, -0.2) is 48.4 Å². The number of carbonyl (C=O) groups excluding carboxylic acids is 2. The summed E-state index contributed by atoms with van der Waals surface area (Å²) in [6.45, 7) is -0.0322. The number of rotatable bonds is 8. The average Bonchev–Trinajstić information content (AvgIpc) is 3.44. The van der Waals surface area contributed by atoms with Crippen LogP contribution in [0.2, 0.25) is 0 Å². The molecule has 2 heterocycles. The van der Waals surface area contributed by atoms with Gasteiger partial charge in [-0.3, -0.25) is 9.59 Å². The van der Waals surface area contributed by atoms with Crippen molar-refractivity contribution in [3.63, 3.8) is 0 Å². The van der Waals surface area contributed by atoms with Gasteiger partial charge in [0.05, 0.1) is 24.0 Å². The number of hydrogen-bond acceptors (Lipinski definition) is 11. The molecule has 0 fully saturated rings. The minimum Gasteiger partial charge on any atom is -0.507 e. The first kappa shape index (κ1) is 21.9. The molecular weight excluding hydrogens is 444 g/mol. The number of phenolic OH excluding ortho intramolecular Hbond substituents is 1. The molecular formula is C20H18N10O4. The van der Waals surface area contributed by atoms with Gasteiger partial charge in [0.1, 0.15) is 5.75 Å². The number of carbonyl (C=O) groups is 2. The Morgan fingerprint density at radius 1 is 1.15 bits per heavy atom. The number of nitrogens with one attached hydrogen (secondary N) is 2. The van der Waals surface area contributed by atoms with Crippen molar-refractivity contribution < 1.29 is 19.3 Å². The highest BCUT2D eigenvalue weighted by Gasteiger charge is 2.24. The Morgan fingerprint density at radius 2 is 1.91 bits per heavy atom. The summed E-state index contributed by atoms with van der Waals surface area (Å²) in [4.78, 5) is 24.5. The number of benzene rings is 2. The quantitative estimate of drug-likeness (QED) is 0.180. The highest BCUT2D eigenvalue weighted by atomic mass is 16.6. The van der Waals surface area contributed by atoms with Gasteiger partial charge in [-0.05, 0) is 34.6 Å². The van der Waals surface area contributed by atoms with Crippen molar-refractivity contribution in [2.45, 2.75) is 6.54 Å². The fourth-order valence-electron chi connectivity index (χ4n) is 2.99. The number of aromatic nitrogens is 5. The van der Waals surface area contributed by atoms with Gasteiger partial charge in [0.2, 0.25) is 11.6 Å². The summed E-state index contributed by atoms with van der Waals surface area (Å²) in [6, 6.07) is 13.1. The number of primary amides is 1. The summed E-state index contributed by atoms with van der Waals surface area (Å²) >= 11 is 0. The summed E-state index contributed by atoms with van der Waals surface area (Å²) in [7, 11) is 0. The molecule has 14 nitrogen and oxygen atoms in total. The zero-order valence-corrected chi connectivity index (χ0v) is 17.4. The molecule has 14 heteroatoms. The van der Waals surface area contributed by atoms with Gasteiger partial charge < -0.3 is 21.9 Å². The Morgan fingerprint density at radius 3 is 2.65 bits per heavy atom. The van der Waals surface area contributed by atoms with Crippen LogP contribution in [0, 0.1) is 0 Å². The largest absolute Gasteiger partial charge is 0.507 e. The van der Waals surface area contributed by atoms with E-state index < -0.39 is 11.8 Å². The molecule has 0 aliphatic rings. The van der Waals surface area contributed by atoms with Crippen molar-refractivity contribution >= 4 is 29.5 Å². The van der Waals surface area contributed by atoms with Gasteiger partial charge in [0.25, 0.3) is 11.8 Å². The zero-order chi connectivity index (χ0) is 24.1. The maximum atomic E-state index is 12.8. The van der Waals surface area contributed by atoms with E-state index in [-0.39, 0.29) is 40.9 Å². The number of phenols is 1. The molecule has 7 N–H and O–H groups in total. The number of amides is 2. The molecule has 2 aromatic heterocycles. The molecule has 0 saturated heterocycles. The van der Waals surface area contributed by atoms with E-state index in [1.807, 2.05) is 0 Å². The van der Waals surface area contributed by atoms with Crippen LogP contribution in [-0.2, 0) is 6.54 Å². The summed E-state index contributed by atoms with van der Waals surface area (Å²) in [5.74, 6) is -1.39. The summed E-state index contributed by atoms with van der Waals surface area (Å²) in [5.41, 5.74) is 14.7. The number of anilines is 2. The molecule has 0 atom stereocenters. The first-order valence-corrected chi connectivity index (χ1v) is 9.72. The number of para-hydroxylation sites is 2. The molecule has 172 valence electrons. The van der Waals surface area contributed by atoms with E-state index in [9.17, 15) is 14.7 Å². The predicted molar refractivity (Wildman–Crippen MR) is 119 cm³/mol. The van der Waals surface area contributed by atoms with Crippen LogP contribution in [0.5, 0.6) is 5.75 Å². The van der Waals surface area contributed by atoms with Crippen molar-refractivity contribution in [2.24, 2.45) is 10.8 Å². The maximum absolute atomic E-state index is 12.8. The first-order chi connectivity index (χ1) is 16.5. The lowest BCUT2D eigenvalue weighted by Gasteiger charge is -2.11. The standard InChI is InChI=1S/C20H18N10O4/c21-17-19(28-34-27-17)30-14(10-23-13-7-3-2-6-12(13)18(22)32)16(25-29-30)20(33)26-24-9-11-5-1-4-8-15(11)31/h1-9,23,31H,10H2,(H2,21,27)(H2,22,32)(H,26,33). The molecule has 4 rings (SSSR count). The molecule has 0 bridgehead atoms. The number of aromatic hydroxyl groups is 1. The number of hydrazone groups is 1. The van der Waals surface area contributed by atoms with Crippen LogP contribution in [0.3, 0.4) is 0 Å². The van der Waals surface area contributed by atoms with Crippen molar-refractivity contribution in [1.82, 2.24) is 30.7 Å². The molecule has 0 aliphatic carbocycles. The SMILES string of the molecule is NC(=O)c1ccccc1NCc1c(C(=O)NN=Cc2ccccc2O)nnn1-c1nonc1N. The summed E-state index contributed by atoms with van der Waals surface area (Å²) in [5, 5.41) is 31.7. The van der Waals surface area contributed by atoms with E-state index in [2.05, 4.69) is 41.1 Å². The Balaban J connectivity index is 1.62. The Labute approximate surface area is 191 Å². The smallest absolute Gasteiger partial charge is 0.293 e. The second-order valence-electron chi connectivity index (χ2n) is 6.79. The predicted octanol–water partition coefficient (Wildman–Crippen LogP) is 0.413. The van der Waals surface area contributed by atoms with Crippen LogP contribution in [0.4, 0.5) is 11.5 Å². The molecule has 0 aliphatic heterocycles. The lowest BCUT2D eigenvalue weighted by molar-refractivity contribution is 0.0947. The lowest BCUT2D eigenvalue weighted by atomic mass is 10.1. The van der Waals surface area contributed by atoms with Crippen LogP contribution < -0.4 is 22.2 Å². The van der Waals surface area contributed by atoms with E-state index in [0.29, 0.717) is 11.3 Å². The maximum Gasteiger partial charge on any atom is 0.293 e. The van der Waals surface area contributed by atoms with Gasteiger partial charge in [-0.2, -0.15) is 9.78 Å². The van der Waals surface area contributed by atoms with E-state index in [1.54, 1.807) is 42.5 Å². The highest BCUT2D eigenvalue weighted by Crippen LogP contribution is 2.20. The van der Waals surface area contributed by atoms with Gasteiger partial charge in [-0.1, -0.05) is 29.5 Å². The lowest BCUT2D eigenvalue weighted by Crippen LogP contribution is -2.22. The van der Waals surface area contributed by atoms with Crippen LogP contribution in [0.1, 0.15) is 32.1 Å². The molecule has 34 heavy (non-hydrogen) atoms. The average molecular weight is 462 g/mol. The van der Waals surface area contributed by atoms with Gasteiger partial charge in [0.15, 0.2) is 5.69 Å². The van der Waals surface area contributed by atoms with Crippen molar-refractivity contribution in [2.75, 3.05) is 11.1 Å². The minimum atomic E-state index is -0.701. The first-order valence-electron chi connectivity index (χ1n) is 9.72. The van der Waals surface area contributed by atoms with Gasteiger partial charge in [0, 0.05) is 11.3 Å². The number of nitrogen functional groups attached to an aromatic ring is 1. The molecule has 2 amide bonds. The van der Waals surface area contributed by atoms with Gasteiger partial charge >= 0.3 is 0 Å². The number of nitrogens with two attached hydrogens (primary N) is 2. The normalized spacial score (nSPS) is 10.9. The molecule has 2 aromatic carbocycles. The van der Waals surface area contributed by atoms with Gasteiger partial charge in [-0.25, -0.2) is 10.1 Å². The van der Waals surface area contributed by atoms with E-state index in [0.717, 1.165) is 0 Å². The molecule has 4 aromatic rings. The van der Waals surface area contributed by atoms with Gasteiger partial charge in [-0.15, -0.1) is 5.10 Å². The van der Waals surface area contributed by atoms with Crippen LogP contribution in [0.15, 0.2) is 58.3 Å². The third kappa shape index (κ3) is 4.50. The Bertz CT molecular complexity index is 1380.